The molecule has 0 aliphatic carbocycles. The van der Waals surface area contributed by atoms with Gasteiger partial charge in [-0.1, -0.05) is 53.7 Å². The molecule has 154 valence electrons. The molecule has 0 heterocycles. The van der Waals surface area contributed by atoms with Crippen LogP contribution in [-0.2, 0) is 13.9 Å². The molecule has 0 aliphatic heterocycles. The van der Waals surface area contributed by atoms with Gasteiger partial charge in [-0.3, -0.25) is 0 Å². The van der Waals surface area contributed by atoms with Gasteiger partial charge in [-0.2, -0.15) is 0 Å². The maximum Gasteiger partial charge on any atom is 0.509 e. The molecule has 0 aromatic heterocycles. The Labute approximate surface area is 162 Å². The van der Waals surface area contributed by atoms with Gasteiger partial charge in [-0.25, -0.2) is 4.79 Å². The zero-order chi connectivity index (χ0) is 20.8. The Morgan fingerprint density at radius 3 is 2.04 bits per heavy atom. The van der Waals surface area contributed by atoms with Gasteiger partial charge >= 0.3 is 6.16 Å². The van der Waals surface area contributed by atoms with Crippen molar-refractivity contribution < 1.29 is 18.7 Å². The Morgan fingerprint density at radius 1 is 1.08 bits per heavy atom. The molecule has 0 bridgehead atoms. The molecule has 0 radical (unpaired) electrons. The van der Waals surface area contributed by atoms with Crippen LogP contribution in [0.1, 0.15) is 68.7 Å². The lowest BCUT2D eigenvalue weighted by Crippen LogP contribution is -2.44. The van der Waals surface area contributed by atoms with Gasteiger partial charge in [0, 0.05) is 18.4 Å². The van der Waals surface area contributed by atoms with Crippen LogP contribution in [0.5, 0.6) is 0 Å². The Hall–Kier alpha value is -0.813. The lowest BCUT2D eigenvalue weighted by molar-refractivity contribution is -0.0515. The fourth-order valence-corrected chi connectivity index (χ4v) is 3.35. The van der Waals surface area contributed by atoms with E-state index < -0.39 is 20.1 Å². The quantitative estimate of drug-likeness (QED) is 0.269. The monoisotopic (exact) mass is 386 g/mol. The normalized spacial score (nSPS) is 17.0. The first-order chi connectivity index (χ1) is 11.6. The van der Waals surface area contributed by atoms with Crippen LogP contribution in [0.15, 0.2) is 12.2 Å². The van der Waals surface area contributed by atoms with Crippen molar-refractivity contribution >= 4 is 14.5 Å². The molecule has 0 aromatic rings. The standard InChI is InChI=1S/C21H42O4Si/c1-12-13-14-16(2)18(24-19(22)25-20(4,5)6)17(3)15-23-26(10,11)21(7,8)9/h13-14,16-18H,12,15H2,1-11H3/b14-13-/t16-,17+,18+/m0/s1. The summed E-state index contributed by atoms with van der Waals surface area (Å²) in [5, 5.41) is 0.155. The molecule has 0 aliphatic rings. The van der Waals surface area contributed by atoms with Gasteiger partial charge in [0.2, 0.25) is 0 Å². The minimum Gasteiger partial charge on any atom is -0.430 e. The molecule has 0 N–H and O–H groups in total. The maximum atomic E-state index is 12.2. The Balaban J connectivity index is 5.14. The van der Waals surface area contributed by atoms with Crippen LogP contribution < -0.4 is 0 Å². The smallest absolute Gasteiger partial charge is 0.430 e. The van der Waals surface area contributed by atoms with Crippen LogP contribution in [0.4, 0.5) is 4.79 Å². The van der Waals surface area contributed by atoms with Crippen molar-refractivity contribution in [2.24, 2.45) is 11.8 Å². The molecule has 5 heteroatoms. The van der Waals surface area contributed by atoms with Crippen molar-refractivity contribution in [3.63, 3.8) is 0 Å². The summed E-state index contributed by atoms with van der Waals surface area (Å²) in [6.45, 7) is 23.5. The molecule has 0 unspecified atom stereocenters. The lowest BCUT2D eigenvalue weighted by atomic mass is 9.93. The first kappa shape index (κ1) is 25.2. The predicted octanol–water partition coefficient (Wildman–Crippen LogP) is 6.57. The second kappa shape index (κ2) is 9.93. The highest BCUT2D eigenvalue weighted by Gasteiger charge is 2.38. The lowest BCUT2D eigenvalue weighted by Gasteiger charge is -2.38. The number of carbonyl (C=O) groups excluding carboxylic acids is 1. The third kappa shape index (κ3) is 9.22. The predicted molar refractivity (Wildman–Crippen MR) is 112 cm³/mol. The fourth-order valence-electron chi connectivity index (χ4n) is 2.24. The molecule has 0 fully saturated rings. The van der Waals surface area contributed by atoms with Gasteiger partial charge < -0.3 is 13.9 Å². The first-order valence-corrected chi connectivity index (χ1v) is 12.7. The second-order valence-electron chi connectivity index (χ2n) is 9.79. The van der Waals surface area contributed by atoms with Crippen molar-refractivity contribution in [3.05, 3.63) is 12.2 Å². The molecular weight excluding hydrogens is 344 g/mol. The van der Waals surface area contributed by atoms with E-state index in [0.717, 1.165) is 6.42 Å². The van der Waals surface area contributed by atoms with Gasteiger partial charge in [0.05, 0.1) is 0 Å². The van der Waals surface area contributed by atoms with E-state index >= 15 is 0 Å². The molecule has 0 amide bonds. The van der Waals surface area contributed by atoms with Crippen molar-refractivity contribution in [1.29, 1.82) is 0 Å². The molecule has 0 aromatic carbocycles. The molecule has 0 saturated heterocycles. The number of rotatable bonds is 8. The van der Waals surface area contributed by atoms with Crippen LogP contribution in [0.3, 0.4) is 0 Å². The summed E-state index contributed by atoms with van der Waals surface area (Å²) in [7, 11) is -1.84. The van der Waals surface area contributed by atoms with Crippen LogP contribution in [0, 0.1) is 11.8 Å². The molecule has 3 atom stereocenters. The highest BCUT2D eigenvalue weighted by molar-refractivity contribution is 6.74. The largest absolute Gasteiger partial charge is 0.509 e. The van der Waals surface area contributed by atoms with Crippen molar-refractivity contribution in [2.75, 3.05) is 6.61 Å². The highest BCUT2D eigenvalue weighted by atomic mass is 28.4. The Kier molecular flexibility index (Phi) is 9.62. The third-order valence-corrected chi connectivity index (χ3v) is 9.39. The number of carbonyl (C=O) groups is 1. The first-order valence-electron chi connectivity index (χ1n) is 9.81. The van der Waals surface area contributed by atoms with E-state index in [1.807, 2.05) is 20.8 Å². The van der Waals surface area contributed by atoms with E-state index in [1.165, 1.54) is 0 Å². The number of hydrogen-bond acceptors (Lipinski definition) is 4. The van der Waals surface area contributed by atoms with Gasteiger partial charge in [0.15, 0.2) is 8.32 Å². The number of hydrogen-bond donors (Lipinski definition) is 0. The summed E-state index contributed by atoms with van der Waals surface area (Å²) < 4.78 is 17.4. The Morgan fingerprint density at radius 2 is 1.62 bits per heavy atom. The van der Waals surface area contributed by atoms with E-state index in [4.69, 9.17) is 13.9 Å². The van der Waals surface area contributed by atoms with Crippen molar-refractivity contribution in [1.82, 2.24) is 0 Å². The molecular formula is C21H42O4Si. The topological polar surface area (TPSA) is 44.8 Å². The van der Waals surface area contributed by atoms with E-state index in [1.54, 1.807) is 0 Å². The molecule has 0 spiro atoms. The second-order valence-corrected chi connectivity index (χ2v) is 14.6. The average molecular weight is 387 g/mol. The fraction of sp³-hybridized carbons (Fsp3) is 0.857. The SMILES string of the molecule is CC/C=C\[C@H](C)[C@@H](OC(=O)OC(C)(C)C)[C@H](C)CO[Si](C)(C)C(C)(C)C. The zero-order valence-corrected chi connectivity index (χ0v) is 19.9. The summed E-state index contributed by atoms with van der Waals surface area (Å²) in [5.74, 6) is 0.175. The molecule has 0 saturated carbocycles. The van der Waals surface area contributed by atoms with Crippen LogP contribution in [0.25, 0.3) is 0 Å². The number of ether oxygens (including phenoxy) is 2. The van der Waals surface area contributed by atoms with E-state index in [9.17, 15) is 4.79 Å². The van der Waals surface area contributed by atoms with Gasteiger partial charge in [-0.05, 0) is 45.3 Å². The zero-order valence-electron chi connectivity index (χ0n) is 18.9. The Bertz CT molecular complexity index is 458. The van der Waals surface area contributed by atoms with Gasteiger partial charge in [-0.15, -0.1) is 0 Å². The average Bonchev–Trinajstić information content (AvgIpc) is 2.45. The molecule has 26 heavy (non-hydrogen) atoms. The summed E-state index contributed by atoms with van der Waals surface area (Å²) >= 11 is 0. The summed E-state index contributed by atoms with van der Waals surface area (Å²) in [4.78, 5) is 12.2. The van der Waals surface area contributed by atoms with Gasteiger partial charge in [0.1, 0.15) is 11.7 Å². The van der Waals surface area contributed by atoms with Crippen molar-refractivity contribution in [3.8, 4) is 0 Å². The summed E-state index contributed by atoms with van der Waals surface area (Å²) in [6.07, 6.45) is 4.28. The maximum absolute atomic E-state index is 12.2. The van der Waals surface area contributed by atoms with E-state index in [-0.39, 0.29) is 23.0 Å². The minimum atomic E-state index is -1.84. The van der Waals surface area contributed by atoms with E-state index in [2.05, 4.69) is 66.8 Å². The van der Waals surface area contributed by atoms with Crippen LogP contribution in [0.2, 0.25) is 18.1 Å². The summed E-state index contributed by atoms with van der Waals surface area (Å²) in [5.41, 5.74) is -0.564. The van der Waals surface area contributed by atoms with E-state index in [0.29, 0.717) is 6.61 Å². The molecule has 4 nitrogen and oxygen atoms in total. The minimum absolute atomic E-state index is 0.0770. The van der Waals surface area contributed by atoms with Crippen LogP contribution in [-0.4, -0.2) is 32.8 Å². The third-order valence-electron chi connectivity index (χ3n) is 4.89. The highest BCUT2D eigenvalue weighted by Crippen LogP contribution is 2.37. The summed E-state index contributed by atoms with van der Waals surface area (Å²) in [6, 6.07) is 0. The van der Waals surface area contributed by atoms with Crippen LogP contribution >= 0.6 is 0 Å². The number of allylic oxidation sites excluding steroid dienone is 1. The van der Waals surface area contributed by atoms with Gasteiger partial charge in [0.25, 0.3) is 0 Å². The van der Waals surface area contributed by atoms with Crippen molar-refractivity contribution in [2.45, 2.75) is 98.6 Å². The molecule has 0 rings (SSSR count).